The first-order chi connectivity index (χ1) is 11.6. The molecule has 2 atom stereocenters. The highest BCUT2D eigenvalue weighted by Gasteiger charge is 2.36. The van der Waals surface area contributed by atoms with Crippen LogP contribution in [0.15, 0.2) is 48.5 Å². The summed E-state index contributed by atoms with van der Waals surface area (Å²) in [7, 11) is 1.56. The van der Waals surface area contributed by atoms with Crippen LogP contribution in [0.2, 0.25) is 5.02 Å². The number of rotatable bonds is 4. The third-order valence-electron chi connectivity index (χ3n) is 3.83. The fraction of sp³-hybridized carbons (Fsp3) is 0.176. The van der Waals surface area contributed by atoms with Gasteiger partial charge in [-0.1, -0.05) is 23.7 Å². The molecule has 0 aromatic heterocycles. The van der Waals surface area contributed by atoms with Crippen molar-refractivity contribution < 1.29 is 14.3 Å². The van der Waals surface area contributed by atoms with E-state index in [1.54, 1.807) is 43.5 Å². The zero-order valence-corrected chi connectivity index (χ0v) is 13.6. The van der Waals surface area contributed by atoms with Crippen LogP contribution >= 0.6 is 11.6 Å². The molecule has 1 fully saturated rings. The van der Waals surface area contributed by atoms with Gasteiger partial charge >= 0.3 is 0 Å². The molecule has 2 amide bonds. The molecule has 0 radical (unpaired) electrons. The van der Waals surface area contributed by atoms with Crippen LogP contribution in [-0.4, -0.2) is 25.0 Å². The Morgan fingerprint density at radius 1 is 1.12 bits per heavy atom. The predicted molar refractivity (Wildman–Crippen MR) is 89.7 cm³/mol. The molecule has 7 heteroatoms. The summed E-state index contributed by atoms with van der Waals surface area (Å²) < 4.78 is 5.07. The minimum absolute atomic E-state index is 0.295. The van der Waals surface area contributed by atoms with Crippen molar-refractivity contribution in [2.75, 3.05) is 7.11 Å². The van der Waals surface area contributed by atoms with E-state index in [1.807, 2.05) is 12.1 Å². The lowest BCUT2D eigenvalue weighted by molar-refractivity contribution is -0.121. The van der Waals surface area contributed by atoms with Gasteiger partial charge in [-0.05, 0) is 42.0 Å². The molecule has 0 bridgehead atoms. The Morgan fingerprint density at radius 2 is 1.79 bits per heavy atom. The highest BCUT2D eigenvalue weighted by molar-refractivity contribution is 6.30. The van der Waals surface area contributed by atoms with Gasteiger partial charge in [0.25, 0.3) is 11.8 Å². The Bertz CT molecular complexity index is 747. The Morgan fingerprint density at radius 3 is 2.42 bits per heavy atom. The summed E-state index contributed by atoms with van der Waals surface area (Å²) in [6.07, 6.45) is 0. The van der Waals surface area contributed by atoms with Gasteiger partial charge in [0, 0.05) is 10.6 Å². The standard InChI is InChI=1S/C17H16ClN3O3/c1-24-13-8-4-11(5-9-13)16(22)19-15-14(20-21-17(15)23)10-2-6-12(18)7-3-10/h2-9,14-15,20H,1H3,(H,19,22)(H,21,23)/t14-,15+/m0/s1. The van der Waals surface area contributed by atoms with E-state index in [2.05, 4.69) is 16.2 Å². The predicted octanol–water partition coefficient (Wildman–Crippen LogP) is 1.82. The Hall–Kier alpha value is -2.57. The van der Waals surface area contributed by atoms with Gasteiger partial charge in [0.05, 0.1) is 13.2 Å². The quantitative estimate of drug-likeness (QED) is 0.789. The Labute approximate surface area is 144 Å². The van der Waals surface area contributed by atoms with Gasteiger partial charge < -0.3 is 10.1 Å². The number of halogens is 1. The average Bonchev–Trinajstić information content (AvgIpc) is 2.96. The molecule has 2 aromatic carbocycles. The molecule has 3 rings (SSSR count). The average molecular weight is 346 g/mol. The number of hydrogen-bond donors (Lipinski definition) is 3. The molecule has 1 saturated heterocycles. The molecule has 6 nitrogen and oxygen atoms in total. The molecular formula is C17H16ClN3O3. The summed E-state index contributed by atoms with van der Waals surface area (Å²) in [5.41, 5.74) is 6.74. The highest BCUT2D eigenvalue weighted by Crippen LogP contribution is 2.22. The second kappa shape index (κ2) is 6.90. The van der Waals surface area contributed by atoms with Crippen molar-refractivity contribution in [3.05, 3.63) is 64.7 Å². The van der Waals surface area contributed by atoms with E-state index in [4.69, 9.17) is 16.3 Å². The van der Waals surface area contributed by atoms with Crippen LogP contribution in [0.1, 0.15) is 22.0 Å². The minimum atomic E-state index is -0.722. The summed E-state index contributed by atoms with van der Waals surface area (Å²) in [4.78, 5) is 24.5. The van der Waals surface area contributed by atoms with Gasteiger partial charge in [-0.15, -0.1) is 0 Å². The maximum atomic E-state index is 12.4. The Balaban J connectivity index is 1.76. The normalized spacial score (nSPS) is 19.7. The van der Waals surface area contributed by atoms with Gasteiger partial charge in [-0.25, -0.2) is 5.43 Å². The first-order valence-electron chi connectivity index (χ1n) is 7.34. The lowest BCUT2D eigenvalue weighted by atomic mass is 10.0. The maximum Gasteiger partial charge on any atom is 0.258 e. The Kier molecular flexibility index (Phi) is 4.69. The van der Waals surface area contributed by atoms with Crippen molar-refractivity contribution in [2.24, 2.45) is 0 Å². The third-order valence-corrected chi connectivity index (χ3v) is 4.09. The molecule has 1 aliphatic rings. The van der Waals surface area contributed by atoms with Crippen LogP contribution in [0, 0.1) is 0 Å². The van der Waals surface area contributed by atoms with Crippen LogP contribution in [0.25, 0.3) is 0 Å². The number of carbonyl (C=O) groups excluding carboxylic acids is 2. The molecule has 124 valence electrons. The minimum Gasteiger partial charge on any atom is -0.497 e. The van der Waals surface area contributed by atoms with Crippen molar-refractivity contribution in [3.8, 4) is 5.75 Å². The van der Waals surface area contributed by atoms with E-state index in [0.29, 0.717) is 16.3 Å². The first kappa shape index (κ1) is 16.3. The van der Waals surface area contributed by atoms with Crippen LogP contribution in [-0.2, 0) is 4.79 Å². The summed E-state index contributed by atoms with van der Waals surface area (Å²) in [6.45, 7) is 0. The number of ether oxygens (including phenoxy) is 1. The van der Waals surface area contributed by atoms with E-state index in [9.17, 15) is 9.59 Å². The lowest BCUT2D eigenvalue weighted by Crippen LogP contribution is -2.42. The van der Waals surface area contributed by atoms with Gasteiger partial charge in [0.1, 0.15) is 11.8 Å². The van der Waals surface area contributed by atoms with E-state index < -0.39 is 6.04 Å². The highest BCUT2D eigenvalue weighted by atomic mass is 35.5. The van der Waals surface area contributed by atoms with E-state index >= 15 is 0 Å². The number of hydrogen-bond acceptors (Lipinski definition) is 4. The van der Waals surface area contributed by atoms with E-state index in [-0.39, 0.29) is 17.9 Å². The molecule has 2 aromatic rings. The van der Waals surface area contributed by atoms with Crippen molar-refractivity contribution in [3.63, 3.8) is 0 Å². The zero-order valence-electron chi connectivity index (χ0n) is 12.9. The second-order valence-electron chi connectivity index (χ2n) is 5.34. The molecule has 0 saturated carbocycles. The lowest BCUT2D eigenvalue weighted by Gasteiger charge is -2.18. The SMILES string of the molecule is COc1ccc(C(=O)N[C@H]2C(=O)NN[C@H]2c2ccc(Cl)cc2)cc1. The van der Waals surface area contributed by atoms with Crippen molar-refractivity contribution in [2.45, 2.75) is 12.1 Å². The fourth-order valence-electron chi connectivity index (χ4n) is 2.52. The third kappa shape index (κ3) is 3.34. The topological polar surface area (TPSA) is 79.5 Å². The number of nitrogens with one attached hydrogen (secondary N) is 3. The first-order valence-corrected chi connectivity index (χ1v) is 7.72. The zero-order chi connectivity index (χ0) is 17.1. The van der Waals surface area contributed by atoms with Crippen molar-refractivity contribution in [1.29, 1.82) is 0 Å². The summed E-state index contributed by atoms with van der Waals surface area (Å²) in [5.74, 6) is 0.0307. The van der Waals surface area contributed by atoms with Gasteiger partial charge in [0.15, 0.2) is 0 Å². The molecule has 0 spiro atoms. The summed E-state index contributed by atoms with van der Waals surface area (Å²) in [5, 5.41) is 3.36. The second-order valence-corrected chi connectivity index (χ2v) is 5.78. The maximum absolute atomic E-state index is 12.4. The largest absolute Gasteiger partial charge is 0.497 e. The smallest absolute Gasteiger partial charge is 0.258 e. The molecule has 0 aliphatic carbocycles. The van der Waals surface area contributed by atoms with Gasteiger partial charge in [0.2, 0.25) is 0 Å². The number of benzene rings is 2. The molecule has 1 heterocycles. The number of carbonyl (C=O) groups is 2. The van der Waals surface area contributed by atoms with Gasteiger partial charge in [-0.3, -0.25) is 15.0 Å². The molecule has 1 aliphatic heterocycles. The molecular weight excluding hydrogens is 330 g/mol. The fourth-order valence-corrected chi connectivity index (χ4v) is 2.65. The van der Waals surface area contributed by atoms with Crippen LogP contribution < -0.4 is 20.9 Å². The van der Waals surface area contributed by atoms with Gasteiger partial charge in [-0.2, -0.15) is 0 Å². The van der Waals surface area contributed by atoms with E-state index in [1.165, 1.54) is 0 Å². The number of amides is 2. The molecule has 3 N–H and O–H groups in total. The van der Waals surface area contributed by atoms with Crippen LogP contribution in [0.3, 0.4) is 0 Å². The van der Waals surface area contributed by atoms with E-state index in [0.717, 1.165) is 5.56 Å². The molecule has 0 unspecified atom stereocenters. The van der Waals surface area contributed by atoms with Crippen LogP contribution in [0.4, 0.5) is 0 Å². The number of methoxy groups -OCH3 is 1. The summed E-state index contributed by atoms with van der Waals surface area (Å²) >= 11 is 5.89. The van der Waals surface area contributed by atoms with Crippen LogP contribution in [0.5, 0.6) is 5.75 Å². The summed E-state index contributed by atoms with van der Waals surface area (Å²) in [6, 6.07) is 12.7. The number of hydrazine groups is 1. The van der Waals surface area contributed by atoms with Crippen molar-refractivity contribution >= 4 is 23.4 Å². The van der Waals surface area contributed by atoms with Crippen molar-refractivity contribution in [1.82, 2.24) is 16.2 Å². The molecule has 24 heavy (non-hydrogen) atoms. The monoisotopic (exact) mass is 345 g/mol.